The quantitative estimate of drug-likeness (QED) is 0.896. The van der Waals surface area contributed by atoms with E-state index in [1.807, 2.05) is 18.2 Å². The number of H-pyrrole nitrogens is 1. The summed E-state index contributed by atoms with van der Waals surface area (Å²) in [7, 11) is 1.63. The lowest BCUT2D eigenvalue weighted by molar-refractivity contribution is 0.0409. The molecule has 112 valence electrons. The first-order valence-electron chi connectivity index (χ1n) is 6.74. The molecule has 7 heteroatoms. The Hall–Kier alpha value is -1.63. The molecule has 1 atom stereocenters. The molecule has 0 aliphatic carbocycles. The highest BCUT2D eigenvalue weighted by Crippen LogP contribution is 2.32. The van der Waals surface area contributed by atoms with Crippen molar-refractivity contribution in [3.05, 3.63) is 40.7 Å². The van der Waals surface area contributed by atoms with Crippen LogP contribution in [0.15, 0.2) is 24.4 Å². The standard InChI is InChI=1S/C14H17ClN4O2/c1-21-11-2-3-12(15)10(6-11)8-19-5-4-14(20,9-19)13-7-16-18-17-13/h2-3,6-7,20H,4-5,8-9H2,1H3,(H,16,17,18). The number of nitrogens with one attached hydrogen (secondary N) is 1. The van der Waals surface area contributed by atoms with Crippen LogP contribution in [-0.2, 0) is 12.1 Å². The number of benzene rings is 1. The van der Waals surface area contributed by atoms with Crippen molar-refractivity contribution in [2.45, 2.75) is 18.6 Å². The van der Waals surface area contributed by atoms with E-state index in [2.05, 4.69) is 20.3 Å². The van der Waals surface area contributed by atoms with Crippen LogP contribution in [0.4, 0.5) is 0 Å². The van der Waals surface area contributed by atoms with E-state index < -0.39 is 5.60 Å². The van der Waals surface area contributed by atoms with Gasteiger partial charge in [0.1, 0.15) is 17.0 Å². The molecule has 0 saturated carbocycles. The molecule has 21 heavy (non-hydrogen) atoms. The van der Waals surface area contributed by atoms with E-state index in [9.17, 15) is 5.11 Å². The van der Waals surface area contributed by atoms with E-state index >= 15 is 0 Å². The lowest BCUT2D eigenvalue weighted by Crippen LogP contribution is -2.31. The van der Waals surface area contributed by atoms with Gasteiger partial charge in [0.15, 0.2) is 0 Å². The molecule has 1 fully saturated rings. The van der Waals surface area contributed by atoms with Crippen molar-refractivity contribution < 1.29 is 9.84 Å². The summed E-state index contributed by atoms with van der Waals surface area (Å²) in [6.45, 7) is 1.94. The van der Waals surface area contributed by atoms with Crippen molar-refractivity contribution in [3.8, 4) is 5.75 Å². The van der Waals surface area contributed by atoms with E-state index in [0.717, 1.165) is 17.9 Å². The number of rotatable bonds is 4. The zero-order valence-electron chi connectivity index (χ0n) is 11.7. The maximum Gasteiger partial charge on any atom is 0.124 e. The molecule has 2 aromatic rings. The molecular weight excluding hydrogens is 292 g/mol. The highest BCUT2D eigenvalue weighted by atomic mass is 35.5. The van der Waals surface area contributed by atoms with Crippen molar-refractivity contribution in [2.24, 2.45) is 0 Å². The first-order valence-corrected chi connectivity index (χ1v) is 7.12. The number of likely N-dealkylation sites (tertiary alicyclic amines) is 1. The van der Waals surface area contributed by atoms with Gasteiger partial charge in [-0.1, -0.05) is 11.6 Å². The van der Waals surface area contributed by atoms with E-state index in [1.165, 1.54) is 0 Å². The Morgan fingerprint density at radius 1 is 1.52 bits per heavy atom. The highest BCUT2D eigenvalue weighted by molar-refractivity contribution is 6.31. The Kier molecular flexibility index (Phi) is 3.84. The van der Waals surface area contributed by atoms with Gasteiger partial charge in [-0.3, -0.25) is 4.90 Å². The van der Waals surface area contributed by atoms with Gasteiger partial charge in [-0.25, -0.2) is 0 Å². The maximum absolute atomic E-state index is 10.6. The van der Waals surface area contributed by atoms with E-state index in [1.54, 1.807) is 13.3 Å². The number of β-amino-alcohol motifs (C(OH)–C–C–N with tert-alkyl or cyclic N) is 1. The molecule has 1 aromatic carbocycles. The van der Waals surface area contributed by atoms with Gasteiger partial charge in [-0.15, -0.1) is 0 Å². The minimum Gasteiger partial charge on any atom is -0.497 e. The molecule has 3 rings (SSSR count). The molecule has 1 unspecified atom stereocenters. The summed E-state index contributed by atoms with van der Waals surface area (Å²) in [6, 6.07) is 5.59. The van der Waals surface area contributed by atoms with Gasteiger partial charge in [-0.2, -0.15) is 15.4 Å². The van der Waals surface area contributed by atoms with Crippen LogP contribution in [0.1, 0.15) is 17.7 Å². The number of aliphatic hydroxyl groups is 1. The summed E-state index contributed by atoms with van der Waals surface area (Å²) in [4.78, 5) is 2.15. The van der Waals surface area contributed by atoms with Crippen molar-refractivity contribution in [1.29, 1.82) is 0 Å². The van der Waals surface area contributed by atoms with Crippen LogP contribution >= 0.6 is 11.6 Å². The van der Waals surface area contributed by atoms with E-state index in [0.29, 0.717) is 30.2 Å². The molecule has 1 saturated heterocycles. The van der Waals surface area contributed by atoms with Crippen molar-refractivity contribution >= 4 is 11.6 Å². The fourth-order valence-electron chi connectivity index (χ4n) is 2.68. The third-order valence-corrected chi connectivity index (χ3v) is 4.23. The second-order valence-electron chi connectivity index (χ2n) is 5.30. The Morgan fingerprint density at radius 2 is 2.38 bits per heavy atom. The van der Waals surface area contributed by atoms with Crippen LogP contribution < -0.4 is 4.74 Å². The molecule has 0 radical (unpaired) electrons. The predicted octanol–water partition coefficient (Wildman–Crippen LogP) is 1.56. The largest absolute Gasteiger partial charge is 0.497 e. The summed E-state index contributed by atoms with van der Waals surface area (Å²) in [6.07, 6.45) is 2.20. The molecular formula is C14H17ClN4O2. The van der Waals surface area contributed by atoms with Gasteiger partial charge < -0.3 is 9.84 Å². The fourth-order valence-corrected chi connectivity index (χ4v) is 2.86. The Balaban J connectivity index is 1.73. The third kappa shape index (κ3) is 2.88. The second kappa shape index (κ2) is 5.63. The Labute approximate surface area is 127 Å². The molecule has 0 amide bonds. The van der Waals surface area contributed by atoms with Gasteiger partial charge in [0.05, 0.1) is 13.3 Å². The number of aromatic nitrogens is 3. The molecule has 2 N–H and O–H groups in total. The molecule has 6 nitrogen and oxygen atoms in total. The van der Waals surface area contributed by atoms with Crippen molar-refractivity contribution in [2.75, 3.05) is 20.2 Å². The van der Waals surface area contributed by atoms with Crippen LogP contribution in [0.2, 0.25) is 5.02 Å². The number of hydrogen-bond donors (Lipinski definition) is 2. The van der Waals surface area contributed by atoms with Crippen molar-refractivity contribution in [3.63, 3.8) is 0 Å². The Morgan fingerprint density at radius 3 is 3.10 bits per heavy atom. The van der Waals surface area contributed by atoms with Gasteiger partial charge in [0.25, 0.3) is 0 Å². The summed E-state index contributed by atoms with van der Waals surface area (Å²) in [5, 5.41) is 21.7. The van der Waals surface area contributed by atoms with Crippen molar-refractivity contribution in [1.82, 2.24) is 20.3 Å². The molecule has 0 spiro atoms. The predicted molar refractivity (Wildman–Crippen MR) is 78.2 cm³/mol. The van der Waals surface area contributed by atoms with E-state index in [4.69, 9.17) is 16.3 Å². The number of aromatic amines is 1. The average Bonchev–Trinajstić information content (AvgIpc) is 3.12. The average molecular weight is 309 g/mol. The molecule has 1 aliphatic rings. The van der Waals surface area contributed by atoms with Gasteiger partial charge in [-0.05, 0) is 30.2 Å². The van der Waals surface area contributed by atoms with E-state index in [-0.39, 0.29) is 0 Å². The zero-order valence-corrected chi connectivity index (χ0v) is 12.5. The van der Waals surface area contributed by atoms with Crippen LogP contribution in [0.3, 0.4) is 0 Å². The Bertz CT molecular complexity index is 619. The summed E-state index contributed by atoms with van der Waals surface area (Å²) in [5.41, 5.74) is 0.625. The van der Waals surface area contributed by atoms with Crippen LogP contribution in [0.5, 0.6) is 5.75 Å². The van der Waals surface area contributed by atoms with Gasteiger partial charge in [0.2, 0.25) is 0 Å². The maximum atomic E-state index is 10.6. The highest BCUT2D eigenvalue weighted by Gasteiger charge is 2.39. The number of methoxy groups -OCH3 is 1. The number of halogens is 1. The number of hydrogen-bond acceptors (Lipinski definition) is 5. The van der Waals surface area contributed by atoms with Crippen LogP contribution in [0, 0.1) is 0 Å². The summed E-state index contributed by atoms with van der Waals surface area (Å²) in [5.74, 6) is 0.778. The van der Waals surface area contributed by atoms with Gasteiger partial charge >= 0.3 is 0 Å². The summed E-state index contributed by atoms with van der Waals surface area (Å²) < 4.78 is 5.23. The second-order valence-corrected chi connectivity index (χ2v) is 5.71. The minimum absolute atomic E-state index is 0.507. The zero-order chi connectivity index (χ0) is 14.9. The molecule has 1 aromatic heterocycles. The minimum atomic E-state index is -0.946. The molecule has 0 bridgehead atoms. The third-order valence-electron chi connectivity index (χ3n) is 3.87. The van der Waals surface area contributed by atoms with Crippen LogP contribution in [-0.4, -0.2) is 45.6 Å². The van der Waals surface area contributed by atoms with Gasteiger partial charge in [0, 0.05) is 24.7 Å². The monoisotopic (exact) mass is 308 g/mol. The van der Waals surface area contributed by atoms with Crippen LogP contribution in [0.25, 0.3) is 0 Å². The lowest BCUT2D eigenvalue weighted by Gasteiger charge is -2.21. The SMILES string of the molecule is COc1ccc(Cl)c(CN2CCC(O)(c3cn[nH]n3)C2)c1. The summed E-state index contributed by atoms with van der Waals surface area (Å²) >= 11 is 6.23. The fraction of sp³-hybridized carbons (Fsp3) is 0.429. The smallest absolute Gasteiger partial charge is 0.124 e. The topological polar surface area (TPSA) is 74.3 Å². The first-order chi connectivity index (χ1) is 10.1. The number of nitrogens with zero attached hydrogens (tertiary/aromatic N) is 3. The first kappa shape index (κ1) is 14.3. The normalized spacial score (nSPS) is 22.6. The lowest BCUT2D eigenvalue weighted by atomic mass is 10.00. The molecule has 1 aliphatic heterocycles. The number of ether oxygens (including phenoxy) is 1. The molecule has 2 heterocycles.